The smallest absolute Gasteiger partial charge is 0.387 e. The largest absolute Gasteiger partial charge is 0.472 e. The highest BCUT2D eigenvalue weighted by Crippen LogP contribution is 2.26. The molecule has 0 fully saturated rings. The Labute approximate surface area is 161 Å². The third-order valence-corrected chi connectivity index (χ3v) is 4.05. The maximum Gasteiger partial charge on any atom is 0.387 e. The molecule has 0 aliphatic heterocycles. The van der Waals surface area contributed by atoms with Gasteiger partial charge in [-0.25, -0.2) is 13.2 Å². The number of hydrogen-bond donors (Lipinski definition) is 0. The van der Waals surface area contributed by atoms with Gasteiger partial charge in [0, 0.05) is 5.56 Å². The second kappa shape index (κ2) is 7.74. The molecule has 6 nitrogen and oxygen atoms in total. The molecule has 0 unspecified atom stereocenters. The highest BCUT2D eigenvalue weighted by molar-refractivity contribution is 5.61. The van der Waals surface area contributed by atoms with Gasteiger partial charge in [-0.05, 0) is 36.4 Å². The summed E-state index contributed by atoms with van der Waals surface area (Å²) in [7, 11) is 0. The van der Waals surface area contributed by atoms with Crippen molar-refractivity contribution in [2.45, 2.75) is 13.2 Å². The summed E-state index contributed by atoms with van der Waals surface area (Å²) in [6, 6.07) is 9.29. The Morgan fingerprint density at radius 3 is 2.34 bits per heavy atom. The van der Waals surface area contributed by atoms with E-state index in [9.17, 15) is 17.6 Å². The predicted molar refractivity (Wildman–Crippen MR) is 93.5 cm³/mol. The average molecular weight is 404 g/mol. The van der Waals surface area contributed by atoms with Gasteiger partial charge in [-0.15, -0.1) is 10.2 Å². The maximum absolute atomic E-state index is 13.8. The number of halogens is 4. The van der Waals surface area contributed by atoms with Crippen LogP contribution in [0.15, 0.2) is 54.9 Å². The third kappa shape index (κ3) is 3.82. The molecule has 148 valence electrons. The van der Waals surface area contributed by atoms with Crippen molar-refractivity contribution in [3.63, 3.8) is 0 Å². The molecule has 4 aromatic rings. The molecular formula is C19H12F4N4O2. The molecule has 0 spiro atoms. The summed E-state index contributed by atoms with van der Waals surface area (Å²) in [6.07, 6.45) is 2.79. The molecule has 29 heavy (non-hydrogen) atoms. The molecule has 2 aromatic carbocycles. The van der Waals surface area contributed by atoms with Crippen molar-refractivity contribution in [1.29, 1.82) is 0 Å². The first kappa shape index (κ1) is 18.7. The molecule has 0 saturated heterocycles. The zero-order valence-electron chi connectivity index (χ0n) is 14.6. The quantitative estimate of drug-likeness (QED) is 0.450. The first-order chi connectivity index (χ1) is 14.0. The van der Waals surface area contributed by atoms with Crippen LogP contribution in [0.5, 0.6) is 11.6 Å². The van der Waals surface area contributed by atoms with Gasteiger partial charge in [0.25, 0.3) is 0 Å². The Kier molecular flexibility index (Phi) is 4.98. The van der Waals surface area contributed by atoms with E-state index < -0.39 is 18.2 Å². The Balaban J connectivity index is 1.67. The van der Waals surface area contributed by atoms with Crippen molar-refractivity contribution in [3.05, 3.63) is 72.1 Å². The van der Waals surface area contributed by atoms with Crippen molar-refractivity contribution < 1.29 is 27.0 Å². The Morgan fingerprint density at radius 2 is 1.66 bits per heavy atom. The molecule has 2 heterocycles. The van der Waals surface area contributed by atoms with E-state index in [4.69, 9.17) is 4.74 Å². The molecule has 2 aromatic heterocycles. The van der Waals surface area contributed by atoms with Gasteiger partial charge in [0.1, 0.15) is 24.0 Å². The Bertz CT molecular complexity index is 1130. The van der Waals surface area contributed by atoms with E-state index >= 15 is 0 Å². The van der Waals surface area contributed by atoms with Crippen LogP contribution >= 0.6 is 0 Å². The van der Waals surface area contributed by atoms with E-state index in [-0.39, 0.29) is 23.8 Å². The molecule has 4 rings (SSSR count). The minimum absolute atomic E-state index is 0.00857. The standard InChI is InChI=1S/C19H12F4N4O2/c20-14-2-1-3-15(21)13(14)10-28-17-9-24-8-16-25-26-18(27(16)17)11-4-6-12(7-5-11)29-19(22)23/h1-9,19H,10H2. The van der Waals surface area contributed by atoms with Crippen LogP contribution in [0, 0.1) is 11.6 Å². The SMILES string of the molecule is Fc1cccc(F)c1COc1cncc2nnc(-c3ccc(OC(F)F)cc3)n12. The van der Waals surface area contributed by atoms with Crippen molar-refractivity contribution >= 4 is 5.65 Å². The zero-order chi connectivity index (χ0) is 20.4. The molecule has 0 amide bonds. The monoisotopic (exact) mass is 404 g/mol. The first-order valence-corrected chi connectivity index (χ1v) is 8.33. The van der Waals surface area contributed by atoms with E-state index in [1.165, 1.54) is 47.1 Å². The molecule has 0 bridgehead atoms. The van der Waals surface area contributed by atoms with E-state index in [1.807, 2.05) is 0 Å². The molecule has 10 heteroatoms. The molecule has 0 atom stereocenters. The number of ether oxygens (including phenoxy) is 2. The van der Waals surface area contributed by atoms with Gasteiger partial charge in [-0.3, -0.25) is 4.98 Å². The number of hydrogen-bond acceptors (Lipinski definition) is 5. The van der Waals surface area contributed by atoms with Crippen LogP contribution < -0.4 is 9.47 Å². The van der Waals surface area contributed by atoms with Crippen LogP contribution in [0.4, 0.5) is 17.6 Å². The number of alkyl halides is 2. The summed E-state index contributed by atoms with van der Waals surface area (Å²) < 4.78 is 63.7. The lowest BCUT2D eigenvalue weighted by Crippen LogP contribution is -2.05. The van der Waals surface area contributed by atoms with Crippen LogP contribution in [-0.2, 0) is 6.61 Å². The molecule has 0 saturated carbocycles. The van der Waals surface area contributed by atoms with Gasteiger partial charge >= 0.3 is 6.61 Å². The van der Waals surface area contributed by atoms with Gasteiger partial charge in [0.05, 0.1) is 18.0 Å². The summed E-state index contributed by atoms with van der Waals surface area (Å²) in [5.74, 6) is -0.994. The maximum atomic E-state index is 13.8. The van der Waals surface area contributed by atoms with Crippen molar-refractivity contribution in [1.82, 2.24) is 19.6 Å². The van der Waals surface area contributed by atoms with E-state index in [2.05, 4.69) is 19.9 Å². The highest BCUT2D eigenvalue weighted by atomic mass is 19.3. The van der Waals surface area contributed by atoms with Crippen molar-refractivity contribution in [2.75, 3.05) is 0 Å². The minimum Gasteiger partial charge on any atom is -0.472 e. The molecular weight excluding hydrogens is 392 g/mol. The molecule has 0 aliphatic carbocycles. The average Bonchev–Trinajstić information content (AvgIpc) is 3.13. The minimum atomic E-state index is -2.93. The first-order valence-electron chi connectivity index (χ1n) is 8.33. The number of aromatic nitrogens is 4. The van der Waals surface area contributed by atoms with Crippen LogP contribution in [0.2, 0.25) is 0 Å². The summed E-state index contributed by atoms with van der Waals surface area (Å²) in [5, 5.41) is 8.05. The molecule has 0 N–H and O–H groups in total. The van der Waals surface area contributed by atoms with E-state index in [1.54, 1.807) is 0 Å². The fraction of sp³-hybridized carbons (Fsp3) is 0.105. The zero-order valence-corrected chi connectivity index (χ0v) is 14.6. The van der Waals surface area contributed by atoms with Crippen molar-refractivity contribution in [2.24, 2.45) is 0 Å². The van der Waals surface area contributed by atoms with Gasteiger partial charge in [-0.1, -0.05) is 6.07 Å². The summed E-state index contributed by atoms with van der Waals surface area (Å²) >= 11 is 0. The van der Waals surface area contributed by atoms with Crippen LogP contribution in [0.25, 0.3) is 17.0 Å². The Morgan fingerprint density at radius 1 is 0.931 bits per heavy atom. The number of rotatable bonds is 6. The van der Waals surface area contributed by atoms with E-state index in [0.29, 0.717) is 17.0 Å². The lowest BCUT2D eigenvalue weighted by Gasteiger charge is -2.11. The normalized spacial score (nSPS) is 11.2. The van der Waals surface area contributed by atoms with Crippen LogP contribution in [0.3, 0.4) is 0 Å². The molecule has 0 aliphatic rings. The third-order valence-electron chi connectivity index (χ3n) is 4.05. The summed E-state index contributed by atoms with van der Waals surface area (Å²) in [4.78, 5) is 3.98. The number of benzene rings is 2. The topological polar surface area (TPSA) is 61.5 Å². The lowest BCUT2D eigenvalue weighted by molar-refractivity contribution is -0.0498. The fourth-order valence-electron chi connectivity index (χ4n) is 2.71. The Hall–Kier alpha value is -3.69. The lowest BCUT2D eigenvalue weighted by atomic mass is 10.2. The van der Waals surface area contributed by atoms with E-state index in [0.717, 1.165) is 12.1 Å². The van der Waals surface area contributed by atoms with Crippen molar-refractivity contribution in [3.8, 4) is 23.0 Å². The fourth-order valence-corrected chi connectivity index (χ4v) is 2.71. The molecule has 0 radical (unpaired) electrons. The van der Waals surface area contributed by atoms with Crippen LogP contribution in [0.1, 0.15) is 5.56 Å². The van der Waals surface area contributed by atoms with Gasteiger partial charge in [0.15, 0.2) is 11.5 Å². The second-order valence-corrected chi connectivity index (χ2v) is 5.85. The van der Waals surface area contributed by atoms with Crippen LogP contribution in [-0.4, -0.2) is 26.2 Å². The van der Waals surface area contributed by atoms with Gasteiger partial charge in [0.2, 0.25) is 5.88 Å². The number of fused-ring (bicyclic) bond motifs is 1. The van der Waals surface area contributed by atoms with Gasteiger partial charge in [-0.2, -0.15) is 8.78 Å². The summed E-state index contributed by atoms with van der Waals surface area (Å²) in [5.41, 5.74) is 0.638. The highest BCUT2D eigenvalue weighted by Gasteiger charge is 2.15. The summed E-state index contributed by atoms with van der Waals surface area (Å²) in [6.45, 7) is -3.31. The predicted octanol–water partition coefficient (Wildman–Crippen LogP) is 4.25. The second-order valence-electron chi connectivity index (χ2n) is 5.85. The number of nitrogens with zero attached hydrogens (tertiary/aromatic N) is 4. The van der Waals surface area contributed by atoms with Gasteiger partial charge < -0.3 is 9.47 Å².